The van der Waals surface area contributed by atoms with Gasteiger partial charge in [0.25, 0.3) is 0 Å². The predicted octanol–water partition coefficient (Wildman–Crippen LogP) is 1.17. The van der Waals surface area contributed by atoms with Crippen LogP contribution in [0.2, 0.25) is 0 Å². The van der Waals surface area contributed by atoms with Crippen molar-refractivity contribution in [2.75, 3.05) is 0 Å². The summed E-state index contributed by atoms with van der Waals surface area (Å²) in [5.41, 5.74) is 0. The lowest BCUT2D eigenvalue weighted by atomic mass is 10.0. The first-order chi connectivity index (χ1) is 5.26. The minimum atomic E-state index is -0.412. The lowest BCUT2D eigenvalue weighted by Gasteiger charge is -2.07. The molecule has 0 heterocycles. The van der Waals surface area contributed by atoms with Gasteiger partial charge in [0.15, 0.2) is 0 Å². The Labute approximate surface area is 66.5 Å². The molecular formula is C8H13NO2. The van der Waals surface area contributed by atoms with Crippen molar-refractivity contribution in [3.8, 4) is 0 Å². The molecule has 0 unspecified atom stereocenters. The summed E-state index contributed by atoms with van der Waals surface area (Å²) in [6.45, 7) is 7.03. The summed E-state index contributed by atoms with van der Waals surface area (Å²) in [6.07, 6.45) is 4.46. The molecule has 0 saturated heterocycles. The van der Waals surface area contributed by atoms with Crippen LogP contribution in [0.5, 0.6) is 0 Å². The fourth-order valence-electron chi connectivity index (χ4n) is 0.787. The Bertz CT molecular complexity index is 144. The van der Waals surface area contributed by atoms with Gasteiger partial charge in [0.1, 0.15) is 0 Å². The molecule has 0 aliphatic heterocycles. The maximum Gasteiger partial charge on any atom is 0.328 e. The van der Waals surface area contributed by atoms with Gasteiger partial charge >= 0.3 is 5.97 Å². The lowest BCUT2D eigenvalue weighted by molar-refractivity contribution is -0.148. The number of carbonyl (C=O) groups is 1. The van der Waals surface area contributed by atoms with Crippen molar-refractivity contribution in [2.24, 2.45) is 11.8 Å². The molecule has 62 valence electrons. The van der Waals surface area contributed by atoms with E-state index in [4.69, 9.17) is 5.90 Å². The predicted molar refractivity (Wildman–Crippen MR) is 43.4 cm³/mol. The van der Waals surface area contributed by atoms with Gasteiger partial charge in [-0.25, -0.2) is 0 Å². The zero-order valence-electron chi connectivity index (χ0n) is 6.45. The molecule has 0 radical (unpaired) electrons. The monoisotopic (exact) mass is 155 g/mol. The average Bonchev–Trinajstić information content (AvgIpc) is 2.03. The van der Waals surface area contributed by atoms with Gasteiger partial charge in [0.05, 0.1) is 5.92 Å². The number of carbonyl (C=O) groups excluding carboxylic acids is 1. The number of rotatable bonds is 5. The van der Waals surface area contributed by atoms with Crippen LogP contribution in [0.1, 0.15) is 12.8 Å². The van der Waals surface area contributed by atoms with E-state index in [0.29, 0.717) is 12.8 Å². The van der Waals surface area contributed by atoms with E-state index in [1.807, 2.05) is 0 Å². The second kappa shape index (κ2) is 5.68. The molecule has 3 nitrogen and oxygen atoms in total. The van der Waals surface area contributed by atoms with Gasteiger partial charge in [0, 0.05) is 0 Å². The highest BCUT2D eigenvalue weighted by Crippen LogP contribution is 2.10. The maximum absolute atomic E-state index is 10.8. The van der Waals surface area contributed by atoms with Crippen LogP contribution >= 0.6 is 0 Å². The Morgan fingerprint density at radius 1 is 1.45 bits per heavy atom. The van der Waals surface area contributed by atoms with Crippen LogP contribution in [0, 0.1) is 5.92 Å². The van der Waals surface area contributed by atoms with E-state index in [1.54, 1.807) is 12.2 Å². The molecule has 0 fully saturated rings. The van der Waals surface area contributed by atoms with E-state index in [9.17, 15) is 4.79 Å². The summed E-state index contributed by atoms with van der Waals surface area (Å²) in [6, 6.07) is 0. The van der Waals surface area contributed by atoms with E-state index in [1.165, 1.54) is 0 Å². The van der Waals surface area contributed by atoms with Gasteiger partial charge < -0.3 is 4.84 Å². The van der Waals surface area contributed by atoms with Crippen LogP contribution < -0.4 is 5.90 Å². The fourth-order valence-corrected chi connectivity index (χ4v) is 0.787. The van der Waals surface area contributed by atoms with Gasteiger partial charge in [-0.15, -0.1) is 13.2 Å². The molecule has 0 bridgehead atoms. The number of nitrogens with two attached hydrogens (primary N) is 1. The van der Waals surface area contributed by atoms with Gasteiger partial charge in [-0.3, -0.25) is 4.79 Å². The summed E-state index contributed by atoms with van der Waals surface area (Å²) in [4.78, 5) is 14.9. The molecule has 0 atom stereocenters. The highest BCUT2D eigenvalue weighted by Gasteiger charge is 2.15. The molecule has 0 aromatic rings. The zero-order valence-corrected chi connectivity index (χ0v) is 6.45. The molecule has 11 heavy (non-hydrogen) atoms. The Kier molecular flexibility index (Phi) is 5.11. The molecule has 0 amide bonds. The molecule has 0 aliphatic carbocycles. The third kappa shape index (κ3) is 3.57. The summed E-state index contributed by atoms with van der Waals surface area (Å²) in [5.74, 6) is 4.08. The highest BCUT2D eigenvalue weighted by atomic mass is 16.7. The largest absolute Gasteiger partial charge is 0.373 e. The normalized spacial score (nSPS) is 9.27. The summed E-state index contributed by atoms with van der Waals surface area (Å²) < 4.78 is 0. The number of hydrogen-bond acceptors (Lipinski definition) is 3. The summed E-state index contributed by atoms with van der Waals surface area (Å²) >= 11 is 0. The molecular weight excluding hydrogens is 142 g/mol. The third-order valence-corrected chi connectivity index (χ3v) is 1.35. The van der Waals surface area contributed by atoms with Gasteiger partial charge in [-0.2, -0.15) is 5.90 Å². The minimum absolute atomic E-state index is 0.227. The zero-order chi connectivity index (χ0) is 8.69. The van der Waals surface area contributed by atoms with Crippen molar-refractivity contribution in [3.63, 3.8) is 0 Å². The van der Waals surface area contributed by atoms with E-state index in [0.717, 1.165) is 0 Å². The lowest BCUT2D eigenvalue weighted by Crippen LogP contribution is -2.19. The first-order valence-corrected chi connectivity index (χ1v) is 3.38. The van der Waals surface area contributed by atoms with Crippen LogP contribution in [0.3, 0.4) is 0 Å². The molecule has 0 aromatic carbocycles. The van der Waals surface area contributed by atoms with Gasteiger partial charge in [0.2, 0.25) is 0 Å². The fraction of sp³-hybridized carbons (Fsp3) is 0.375. The molecule has 0 rings (SSSR count). The molecule has 0 aliphatic rings. The quantitative estimate of drug-likeness (QED) is 0.479. The minimum Gasteiger partial charge on any atom is -0.373 e. The van der Waals surface area contributed by atoms with Crippen molar-refractivity contribution < 1.29 is 9.63 Å². The van der Waals surface area contributed by atoms with Crippen LogP contribution in [0.4, 0.5) is 0 Å². The average molecular weight is 155 g/mol. The summed E-state index contributed by atoms with van der Waals surface area (Å²) in [7, 11) is 0. The Morgan fingerprint density at radius 2 is 1.91 bits per heavy atom. The molecule has 0 aromatic heterocycles. The smallest absolute Gasteiger partial charge is 0.328 e. The van der Waals surface area contributed by atoms with Gasteiger partial charge in [-0.1, -0.05) is 12.2 Å². The van der Waals surface area contributed by atoms with E-state index in [2.05, 4.69) is 18.0 Å². The van der Waals surface area contributed by atoms with Crippen molar-refractivity contribution in [3.05, 3.63) is 25.3 Å². The molecule has 3 heteroatoms. The molecule has 0 saturated carbocycles. The van der Waals surface area contributed by atoms with E-state index in [-0.39, 0.29) is 5.92 Å². The SMILES string of the molecule is C=CCC(CC=C)C(=O)ON. The number of hydrogen-bond donors (Lipinski definition) is 1. The van der Waals surface area contributed by atoms with Crippen LogP contribution in [0.25, 0.3) is 0 Å². The van der Waals surface area contributed by atoms with E-state index < -0.39 is 5.97 Å². The van der Waals surface area contributed by atoms with Gasteiger partial charge in [-0.05, 0) is 12.8 Å². The Morgan fingerprint density at radius 3 is 2.18 bits per heavy atom. The summed E-state index contributed by atoms with van der Waals surface area (Å²) in [5, 5.41) is 0. The first-order valence-electron chi connectivity index (χ1n) is 3.38. The van der Waals surface area contributed by atoms with Crippen LogP contribution in [-0.4, -0.2) is 5.97 Å². The topological polar surface area (TPSA) is 52.3 Å². The standard InChI is InChI=1S/C8H13NO2/c1-3-5-7(6-4-2)8(10)11-9/h3-4,7H,1-2,5-6,9H2. The first kappa shape index (κ1) is 9.91. The Hall–Kier alpha value is -1.09. The van der Waals surface area contributed by atoms with Crippen molar-refractivity contribution in [2.45, 2.75) is 12.8 Å². The maximum atomic E-state index is 10.8. The van der Waals surface area contributed by atoms with Crippen molar-refractivity contribution in [1.29, 1.82) is 0 Å². The highest BCUT2D eigenvalue weighted by molar-refractivity contribution is 5.72. The van der Waals surface area contributed by atoms with Crippen molar-refractivity contribution >= 4 is 5.97 Å². The van der Waals surface area contributed by atoms with Crippen molar-refractivity contribution in [1.82, 2.24) is 0 Å². The molecule has 0 spiro atoms. The third-order valence-electron chi connectivity index (χ3n) is 1.35. The second-order valence-electron chi connectivity index (χ2n) is 2.18. The van der Waals surface area contributed by atoms with Crippen LogP contribution in [0.15, 0.2) is 25.3 Å². The van der Waals surface area contributed by atoms with E-state index >= 15 is 0 Å². The molecule has 2 N–H and O–H groups in total. The Balaban J connectivity index is 3.95. The van der Waals surface area contributed by atoms with Crippen LogP contribution in [-0.2, 0) is 9.63 Å². The number of allylic oxidation sites excluding steroid dienone is 2. The second-order valence-corrected chi connectivity index (χ2v) is 2.18.